The van der Waals surface area contributed by atoms with Crippen molar-refractivity contribution in [2.75, 3.05) is 17.2 Å². The maximum absolute atomic E-state index is 13.8. The molecule has 0 unspecified atom stereocenters. The van der Waals surface area contributed by atoms with Gasteiger partial charge in [-0.2, -0.15) is 0 Å². The van der Waals surface area contributed by atoms with Crippen molar-refractivity contribution in [3.8, 4) is 0 Å². The van der Waals surface area contributed by atoms with Gasteiger partial charge in [0, 0.05) is 23.8 Å². The summed E-state index contributed by atoms with van der Waals surface area (Å²) in [5, 5.41) is 0. The number of hydrogen-bond donors (Lipinski definition) is 0. The van der Waals surface area contributed by atoms with Gasteiger partial charge in [-0.15, -0.1) is 11.8 Å². The number of hydrogen-bond acceptors (Lipinski definition) is 3. The molecule has 6 heteroatoms. The molecule has 2 fully saturated rings. The fraction of sp³-hybridized carbons (Fsp3) is 0.364. The van der Waals surface area contributed by atoms with Crippen LogP contribution in [0.3, 0.4) is 0 Å². The number of benzene rings is 2. The molecule has 1 saturated heterocycles. The van der Waals surface area contributed by atoms with E-state index in [9.17, 15) is 14.0 Å². The maximum atomic E-state index is 13.8. The summed E-state index contributed by atoms with van der Waals surface area (Å²) < 4.78 is 13.7. The minimum atomic E-state index is -0.978. The number of amides is 2. The summed E-state index contributed by atoms with van der Waals surface area (Å²) in [7, 11) is 0. The van der Waals surface area contributed by atoms with Crippen LogP contribution in [0.1, 0.15) is 29.5 Å². The van der Waals surface area contributed by atoms with Crippen LogP contribution in [0.5, 0.6) is 0 Å². The Bertz CT molecular complexity index is 990. The first-order chi connectivity index (χ1) is 13.5. The van der Waals surface area contributed by atoms with E-state index in [1.807, 2.05) is 36.1 Å². The van der Waals surface area contributed by atoms with Gasteiger partial charge in [-0.3, -0.25) is 9.59 Å². The van der Waals surface area contributed by atoms with Gasteiger partial charge in [0.15, 0.2) is 4.87 Å². The number of nitrogens with zero attached hydrogens (tertiary/aromatic N) is 2. The topological polar surface area (TPSA) is 40.6 Å². The van der Waals surface area contributed by atoms with Crippen molar-refractivity contribution in [3.05, 3.63) is 65.0 Å². The van der Waals surface area contributed by atoms with E-state index in [0.29, 0.717) is 13.1 Å². The lowest BCUT2D eigenvalue weighted by Gasteiger charge is -2.33. The molecular formula is C22H21FN2O2S. The molecule has 1 aliphatic carbocycles. The summed E-state index contributed by atoms with van der Waals surface area (Å²) in [6.07, 6.45) is 1.83. The number of carbonyl (C=O) groups is 2. The molecule has 5 rings (SSSR count). The lowest BCUT2D eigenvalue weighted by Crippen LogP contribution is -2.50. The molecule has 0 bridgehead atoms. The van der Waals surface area contributed by atoms with Gasteiger partial charge in [0.05, 0.1) is 12.2 Å². The first kappa shape index (κ1) is 17.7. The number of anilines is 1. The SMILES string of the molecule is Cc1ccc2c(c1)[C@]1(SCCN1C(=O)C1CC1)C(=O)N2Cc1cccc(F)c1. The van der Waals surface area contributed by atoms with Crippen molar-refractivity contribution in [2.45, 2.75) is 31.2 Å². The van der Waals surface area contributed by atoms with Gasteiger partial charge in [-0.05, 0) is 43.5 Å². The lowest BCUT2D eigenvalue weighted by atomic mass is 10.0. The molecule has 2 heterocycles. The highest BCUT2D eigenvalue weighted by atomic mass is 32.2. The zero-order chi connectivity index (χ0) is 19.5. The molecule has 0 N–H and O–H groups in total. The zero-order valence-corrected chi connectivity index (χ0v) is 16.5. The van der Waals surface area contributed by atoms with Crippen molar-refractivity contribution in [1.29, 1.82) is 0 Å². The van der Waals surface area contributed by atoms with Crippen molar-refractivity contribution >= 4 is 29.3 Å². The van der Waals surface area contributed by atoms with Crippen LogP contribution in [0.15, 0.2) is 42.5 Å². The Balaban J connectivity index is 1.60. The molecule has 3 aliphatic rings. The van der Waals surface area contributed by atoms with Gasteiger partial charge < -0.3 is 9.80 Å². The van der Waals surface area contributed by atoms with E-state index in [1.54, 1.807) is 22.7 Å². The van der Waals surface area contributed by atoms with Crippen LogP contribution >= 0.6 is 11.8 Å². The van der Waals surface area contributed by atoms with E-state index in [0.717, 1.165) is 41.0 Å². The molecule has 2 aromatic rings. The quantitative estimate of drug-likeness (QED) is 0.792. The fourth-order valence-electron chi connectivity index (χ4n) is 4.28. The molecular weight excluding hydrogens is 375 g/mol. The van der Waals surface area contributed by atoms with Crippen LogP contribution in [0.2, 0.25) is 0 Å². The van der Waals surface area contributed by atoms with Gasteiger partial charge in [-0.1, -0.05) is 29.8 Å². The third-order valence-electron chi connectivity index (χ3n) is 5.77. The Hall–Kier alpha value is -2.34. The fourth-order valence-corrected chi connectivity index (χ4v) is 5.73. The van der Waals surface area contributed by atoms with Gasteiger partial charge >= 0.3 is 0 Å². The Morgan fingerprint density at radius 1 is 1.25 bits per heavy atom. The molecule has 2 aromatic carbocycles. The average molecular weight is 396 g/mol. The van der Waals surface area contributed by atoms with Crippen LogP contribution in [-0.4, -0.2) is 29.0 Å². The minimum Gasteiger partial charge on any atom is -0.315 e. The molecule has 2 amide bonds. The van der Waals surface area contributed by atoms with Gasteiger partial charge in [0.25, 0.3) is 5.91 Å². The normalized spacial score (nSPS) is 23.6. The molecule has 28 heavy (non-hydrogen) atoms. The smallest absolute Gasteiger partial charge is 0.268 e. The highest BCUT2D eigenvalue weighted by molar-refractivity contribution is 8.01. The third-order valence-corrected chi connectivity index (χ3v) is 7.19. The number of carbonyl (C=O) groups excluding carboxylic acids is 2. The van der Waals surface area contributed by atoms with Crippen LogP contribution in [0.25, 0.3) is 0 Å². The zero-order valence-electron chi connectivity index (χ0n) is 15.7. The van der Waals surface area contributed by atoms with Gasteiger partial charge in [-0.25, -0.2) is 4.39 Å². The molecule has 4 nitrogen and oxygen atoms in total. The Kier molecular flexibility index (Phi) is 4.02. The van der Waals surface area contributed by atoms with E-state index in [2.05, 4.69) is 0 Å². The molecule has 144 valence electrons. The standard InChI is InChI=1S/C22H21FN2O2S/c1-14-5-8-19-18(11-14)22(25(9-10-28-22)20(26)16-6-7-16)21(27)24(19)13-15-3-2-4-17(23)12-15/h2-5,8,11-12,16H,6-7,9-10,13H2,1H3/t22-/m0/s1. The largest absolute Gasteiger partial charge is 0.315 e. The monoisotopic (exact) mass is 396 g/mol. The first-order valence-electron chi connectivity index (χ1n) is 9.64. The molecule has 1 saturated carbocycles. The average Bonchev–Trinajstić information content (AvgIpc) is 3.39. The van der Waals surface area contributed by atoms with Crippen LogP contribution in [0, 0.1) is 18.7 Å². The molecule has 1 spiro atoms. The van der Waals surface area contributed by atoms with E-state index >= 15 is 0 Å². The number of aryl methyl sites for hydroxylation is 1. The Morgan fingerprint density at radius 3 is 2.82 bits per heavy atom. The van der Waals surface area contributed by atoms with Gasteiger partial charge in [0.1, 0.15) is 5.82 Å². The lowest BCUT2D eigenvalue weighted by molar-refractivity contribution is -0.141. The second-order valence-electron chi connectivity index (χ2n) is 7.80. The summed E-state index contributed by atoms with van der Waals surface area (Å²) in [4.78, 5) is 29.3. The Morgan fingerprint density at radius 2 is 2.07 bits per heavy atom. The summed E-state index contributed by atoms with van der Waals surface area (Å²) in [5.74, 6) is 0.496. The van der Waals surface area contributed by atoms with Crippen molar-refractivity contribution in [1.82, 2.24) is 4.90 Å². The molecule has 1 atom stereocenters. The number of halogens is 1. The van der Waals surface area contributed by atoms with Gasteiger partial charge in [0.2, 0.25) is 5.91 Å². The summed E-state index contributed by atoms with van der Waals surface area (Å²) in [6.45, 7) is 2.88. The highest BCUT2D eigenvalue weighted by Gasteiger charge is 2.60. The Labute approximate surface area is 167 Å². The summed E-state index contributed by atoms with van der Waals surface area (Å²) in [6, 6.07) is 12.3. The maximum Gasteiger partial charge on any atom is 0.268 e. The van der Waals surface area contributed by atoms with E-state index in [4.69, 9.17) is 0 Å². The second-order valence-corrected chi connectivity index (χ2v) is 9.09. The molecule has 2 aliphatic heterocycles. The second kappa shape index (κ2) is 6.34. The third kappa shape index (κ3) is 2.58. The summed E-state index contributed by atoms with van der Waals surface area (Å²) in [5.41, 5.74) is 3.51. The van der Waals surface area contributed by atoms with Crippen LogP contribution < -0.4 is 4.90 Å². The number of rotatable bonds is 3. The van der Waals surface area contributed by atoms with E-state index in [1.165, 1.54) is 12.1 Å². The highest BCUT2D eigenvalue weighted by Crippen LogP contribution is 2.55. The van der Waals surface area contributed by atoms with Crippen molar-refractivity contribution in [2.24, 2.45) is 5.92 Å². The van der Waals surface area contributed by atoms with Crippen molar-refractivity contribution < 1.29 is 14.0 Å². The van der Waals surface area contributed by atoms with Crippen LogP contribution in [0.4, 0.5) is 10.1 Å². The van der Waals surface area contributed by atoms with Crippen LogP contribution in [-0.2, 0) is 21.0 Å². The van der Waals surface area contributed by atoms with E-state index in [-0.39, 0.29) is 23.5 Å². The first-order valence-corrected chi connectivity index (χ1v) is 10.6. The number of thioether (sulfide) groups is 1. The van der Waals surface area contributed by atoms with Crippen molar-refractivity contribution in [3.63, 3.8) is 0 Å². The summed E-state index contributed by atoms with van der Waals surface area (Å²) >= 11 is 1.55. The van der Waals surface area contributed by atoms with E-state index < -0.39 is 4.87 Å². The molecule has 0 aromatic heterocycles. The predicted molar refractivity (Wildman–Crippen MR) is 107 cm³/mol. The minimum absolute atomic E-state index is 0.0638. The molecule has 0 radical (unpaired) electrons. The predicted octanol–water partition coefficient (Wildman–Crippen LogP) is 3.82. The number of fused-ring (bicyclic) bond motifs is 2.